The molecule has 0 radical (unpaired) electrons. The molecule has 1 saturated heterocycles. The predicted molar refractivity (Wildman–Crippen MR) is 97.7 cm³/mol. The van der Waals surface area contributed by atoms with E-state index in [1.807, 2.05) is 0 Å². The van der Waals surface area contributed by atoms with E-state index in [1.165, 1.54) is 4.57 Å². The fourth-order valence-electron chi connectivity index (χ4n) is 2.88. The number of pyridine rings is 1. The number of likely N-dealkylation sites (tertiary alicyclic amines) is 1. The Balaban J connectivity index is 1.70. The average molecular weight is 410 g/mol. The van der Waals surface area contributed by atoms with Crippen molar-refractivity contribution in [2.75, 3.05) is 25.0 Å². The second kappa shape index (κ2) is 7.38. The monoisotopic (exact) mass is 409 g/mol. The minimum Gasteiger partial charge on any atom is -0.450 e. The van der Waals surface area contributed by atoms with Gasteiger partial charge in [-0.25, -0.2) is 9.78 Å². The van der Waals surface area contributed by atoms with Crippen molar-refractivity contribution in [1.29, 1.82) is 0 Å². The molecule has 9 heteroatoms. The van der Waals surface area contributed by atoms with E-state index in [1.54, 1.807) is 31.1 Å². The molecule has 8 nitrogen and oxygen atoms in total. The van der Waals surface area contributed by atoms with Crippen molar-refractivity contribution in [2.24, 2.45) is 7.05 Å². The molecule has 1 fully saturated rings. The summed E-state index contributed by atoms with van der Waals surface area (Å²) < 4.78 is 7.00. The highest BCUT2D eigenvalue weighted by Gasteiger charge is 2.24. The van der Waals surface area contributed by atoms with Crippen LogP contribution in [0, 0.1) is 0 Å². The molecule has 2 aromatic rings. The van der Waals surface area contributed by atoms with E-state index in [4.69, 9.17) is 4.74 Å². The molecular formula is C16H20BrN5O3. The third kappa shape index (κ3) is 3.76. The summed E-state index contributed by atoms with van der Waals surface area (Å²) in [6.07, 6.45) is 3.02. The van der Waals surface area contributed by atoms with Crippen LogP contribution >= 0.6 is 15.9 Å². The number of ether oxygens (including phenoxy) is 1. The zero-order valence-corrected chi connectivity index (χ0v) is 15.7. The molecule has 1 amide bonds. The molecule has 1 aliphatic heterocycles. The number of fused-ring (bicyclic) bond motifs is 1. The molecule has 0 aromatic carbocycles. The number of rotatable bonds is 3. The molecule has 25 heavy (non-hydrogen) atoms. The van der Waals surface area contributed by atoms with Crippen molar-refractivity contribution >= 4 is 39.0 Å². The van der Waals surface area contributed by atoms with Crippen LogP contribution in [0.1, 0.15) is 19.8 Å². The van der Waals surface area contributed by atoms with Crippen LogP contribution < -0.4 is 10.9 Å². The Morgan fingerprint density at radius 2 is 2.16 bits per heavy atom. The van der Waals surface area contributed by atoms with E-state index >= 15 is 0 Å². The van der Waals surface area contributed by atoms with Crippen LogP contribution in [0.25, 0.3) is 11.0 Å². The van der Waals surface area contributed by atoms with Gasteiger partial charge in [0.1, 0.15) is 5.65 Å². The molecule has 1 N–H and O–H groups in total. The number of piperidine rings is 1. The summed E-state index contributed by atoms with van der Waals surface area (Å²) in [5.74, 6) is 0.486. The van der Waals surface area contributed by atoms with Crippen LogP contribution in [0.5, 0.6) is 0 Å². The molecule has 0 spiro atoms. The van der Waals surface area contributed by atoms with Gasteiger partial charge in [-0.3, -0.25) is 9.36 Å². The maximum absolute atomic E-state index is 12.0. The van der Waals surface area contributed by atoms with Gasteiger partial charge in [0.05, 0.1) is 11.1 Å². The number of carbonyl (C=O) groups excluding carboxylic acids is 1. The summed E-state index contributed by atoms with van der Waals surface area (Å²) in [6.45, 7) is 3.46. The molecule has 134 valence electrons. The lowest BCUT2D eigenvalue weighted by Gasteiger charge is -2.31. The quantitative estimate of drug-likeness (QED) is 0.834. The van der Waals surface area contributed by atoms with Crippen molar-refractivity contribution in [1.82, 2.24) is 19.4 Å². The normalized spacial score (nSPS) is 15.4. The number of amides is 1. The first-order chi connectivity index (χ1) is 12.0. The first-order valence-electron chi connectivity index (χ1n) is 8.20. The van der Waals surface area contributed by atoms with E-state index in [9.17, 15) is 9.59 Å². The van der Waals surface area contributed by atoms with Gasteiger partial charge in [-0.15, -0.1) is 0 Å². The molecule has 1 aliphatic rings. The second-order valence-corrected chi connectivity index (χ2v) is 6.79. The summed E-state index contributed by atoms with van der Waals surface area (Å²) in [4.78, 5) is 34.3. The van der Waals surface area contributed by atoms with Gasteiger partial charge in [-0.05, 0) is 41.8 Å². The number of aromatic nitrogens is 3. The number of hydrogen-bond donors (Lipinski definition) is 1. The highest BCUT2D eigenvalue weighted by molar-refractivity contribution is 9.10. The summed E-state index contributed by atoms with van der Waals surface area (Å²) in [5, 5.41) is 4.09. The topological polar surface area (TPSA) is 89.4 Å². The average Bonchev–Trinajstić information content (AvgIpc) is 2.61. The van der Waals surface area contributed by atoms with Crippen LogP contribution in [0.4, 0.5) is 10.7 Å². The molecule has 0 bridgehead atoms. The Morgan fingerprint density at radius 3 is 2.84 bits per heavy atom. The molecule has 0 aliphatic carbocycles. The van der Waals surface area contributed by atoms with Crippen LogP contribution in [-0.4, -0.2) is 51.3 Å². The number of nitrogens with one attached hydrogen (secondary N) is 1. The Bertz CT molecular complexity index is 846. The Labute approximate surface area is 153 Å². The minimum atomic E-state index is -0.261. The lowest BCUT2D eigenvalue weighted by atomic mass is 10.1. The summed E-state index contributed by atoms with van der Waals surface area (Å²) in [6, 6.07) is 1.90. The first-order valence-corrected chi connectivity index (χ1v) is 8.99. The lowest BCUT2D eigenvalue weighted by molar-refractivity contribution is 0.0983. The maximum atomic E-state index is 12.0. The van der Waals surface area contributed by atoms with Gasteiger partial charge in [0, 0.05) is 37.8 Å². The zero-order valence-electron chi connectivity index (χ0n) is 14.2. The van der Waals surface area contributed by atoms with Crippen LogP contribution in [0.15, 0.2) is 21.5 Å². The fourth-order valence-corrected chi connectivity index (χ4v) is 3.39. The van der Waals surface area contributed by atoms with Gasteiger partial charge >= 0.3 is 6.09 Å². The minimum absolute atomic E-state index is 0.139. The van der Waals surface area contributed by atoms with E-state index in [2.05, 4.69) is 31.2 Å². The molecule has 3 heterocycles. The van der Waals surface area contributed by atoms with Crippen molar-refractivity contribution in [3.63, 3.8) is 0 Å². The third-order valence-electron chi connectivity index (χ3n) is 4.26. The van der Waals surface area contributed by atoms with Crippen molar-refractivity contribution in [2.45, 2.75) is 25.8 Å². The smallest absolute Gasteiger partial charge is 0.409 e. The number of halogens is 1. The Morgan fingerprint density at radius 1 is 1.44 bits per heavy atom. The first kappa shape index (κ1) is 17.7. The SMILES string of the molecule is CCOC(=O)N1CCC(Nc2ncc3cc(Br)c(=O)n(C)c3n2)CC1. The standard InChI is InChI=1S/C16H20BrN5O3/c1-3-25-16(24)22-6-4-11(5-7-22)19-15-18-9-10-8-12(17)14(23)21(2)13(10)20-15/h8-9,11H,3-7H2,1-2H3,(H,18,19,20). The largest absolute Gasteiger partial charge is 0.450 e. The van der Waals surface area contributed by atoms with Gasteiger partial charge in [-0.2, -0.15) is 4.98 Å². The maximum Gasteiger partial charge on any atom is 0.409 e. The van der Waals surface area contributed by atoms with Crippen LogP contribution in [0.2, 0.25) is 0 Å². The number of hydrogen-bond acceptors (Lipinski definition) is 6. The second-order valence-electron chi connectivity index (χ2n) is 5.93. The Hall–Kier alpha value is -2.16. The van der Waals surface area contributed by atoms with Crippen molar-refractivity contribution in [3.05, 3.63) is 27.1 Å². The number of anilines is 1. The van der Waals surface area contributed by atoms with E-state index in [0.29, 0.717) is 35.8 Å². The van der Waals surface area contributed by atoms with Crippen LogP contribution in [-0.2, 0) is 11.8 Å². The molecule has 0 atom stereocenters. The van der Waals surface area contributed by atoms with Crippen molar-refractivity contribution in [3.8, 4) is 0 Å². The molecule has 0 saturated carbocycles. The number of aryl methyl sites for hydroxylation is 1. The van der Waals surface area contributed by atoms with Gasteiger partial charge in [0.2, 0.25) is 5.95 Å². The summed E-state index contributed by atoms with van der Waals surface area (Å²) in [5.41, 5.74) is 0.439. The van der Waals surface area contributed by atoms with Gasteiger partial charge in [-0.1, -0.05) is 0 Å². The summed E-state index contributed by atoms with van der Waals surface area (Å²) in [7, 11) is 1.68. The molecule has 0 unspecified atom stereocenters. The Kier molecular flexibility index (Phi) is 5.22. The number of carbonyl (C=O) groups is 1. The molecule has 3 rings (SSSR count). The van der Waals surface area contributed by atoms with E-state index in [0.717, 1.165) is 18.2 Å². The lowest BCUT2D eigenvalue weighted by Crippen LogP contribution is -2.42. The predicted octanol–water partition coefficient (Wildman–Crippen LogP) is 2.12. The number of nitrogens with zero attached hydrogens (tertiary/aromatic N) is 4. The van der Waals surface area contributed by atoms with E-state index < -0.39 is 0 Å². The van der Waals surface area contributed by atoms with E-state index in [-0.39, 0.29) is 17.7 Å². The summed E-state index contributed by atoms with van der Waals surface area (Å²) >= 11 is 3.25. The van der Waals surface area contributed by atoms with Crippen LogP contribution in [0.3, 0.4) is 0 Å². The molecule has 2 aromatic heterocycles. The highest BCUT2D eigenvalue weighted by Crippen LogP contribution is 2.18. The third-order valence-corrected chi connectivity index (χ3v) is 4.83. The highest BCUT2D eigenvalue weighted by atomic mass is 79.9. The van der Waals surface area contributed by atoms with Crippen molar-refractivity contribution < 1.29 is 9.53 Å². The fraction of sp³-hybridized carbons (Fsp3) is 0.500. The zero-order chi connectivity index (χ0) is 18.0. The van der Waals surface area contributed by atoms with Gasteiger partial charge in [0.15, 0.2) is 0 Å². The van der Waals surface area contributed by atoms with Gasteiger partial charge in [0.25, 0.3) is 5.56 Å². The molecular weight excluding hydrogens is 390 g/mol. The van der Waals surface area contributed by atoms with Gasteiger partial charge < -0.3 is 15.0 Å².